The summed E-state index contributed by atoms with van der Waals surface area (Å²) in [6.45, 7) is 4.05. The summed E-state index contributed by atoms with van der Waals surface area (Å²) in [5, 5.41) is 12.0. The topological polar surface area (TPSA) is 49.3 Å². The zero-order valence-electron chi connectivity index (χ0n) is 9.30. The molecule has 1 aromatic rings. The van der Waals surface area contributed by atoms with Crippen molar-refractivity contribution in [3.05, 3.63) is 33.3 Å². The SMILES string of the molecule is CC1(C)NC(=O)c2cc(Br)cc(CCO)c21. The van der Waals surface area contributed by atoms with E-state index in [9.17, 15) is 4.79 Å². The molecule has 3 nitrogen and oxygen atoms in total. The standard InChI is InChI=1S/C12H14BrNO2/c1-12(2)10-7(3-4-15)5-8(13)6-9(10)11(16)14-12/h5-6,15H,3-4H2,1-2H3,(H,14,16). The Bertz CT molecular complexity index is 455. The largest absolute Gasteiger partial charge is 0.396 e. The van der Waals surface area contributed by atoms with Crippen LogP contribution in [0.5, 0.6) is 0 Å². The zero-order valence-corrected chi connectivity index (χ0v) is 10.9. The van der Waals surface area contributed by atoms with Gasteiger partial charge in [0.15, 0.2) is 0 Å². The van der Waals surface area contributed by atoms with Crippen molar-refractivity contribution in [1.29, 1.82) is 0 Å². The smallest absolute Gasteiger partial charge is 0.252 e. The summed E-state index contributed by atoms with van der Waals surface area (Å²) in [7, 11) is 0. The van der Waals surface area contributed by atoms with Crippen molar-refractivity contribution in [1.82, 2.24) is 5.32 Å². The molecular formula is C12H14BrNO2. The number of hydrogen-bond donors (Lipinski definition) is 2. The molecule has 4 heteroatoms. The lowest BCUT2D eigenvalue weighted by Crippen LogP contribution is -2.33. The van der Waals surface area contributed by atoms with Crippen molar-refractivity contribution in [2.45, 2.75) is 25.8 Å². The number of aliphatic hydroxyl groups excluding tert-OH is 1. The average Bonchev–Trinajstić information content (AvgIpc) is 2.37. The Morgan fingerprint density at radius 3 is 2.75 bits per heavy atom. The third-order valence-electron chi connectivity index (χ3n) is 2.86. The average molecular weight is 284 g/mol. The number of halogens is 1. The Hall–Kier alpha value is -0.870. The minimum absolute atomic E-state index is 0.0412. The number of rotatable bonds is 2. The van der Waals surface area contributed by atoms with Crippen LogP contribution in [0.1, 0.15) is 35.3 Å². The van der Waals surface area contributed by atoms with Crippen molar-refractivity contribution in [2.24, 2.45) is 0 Å². The molecule has 1 heterocycles. The van der Waals surface area contributed by atoms with E-state index in [2.05, 4.69) is 21.2 Å². The second-order valence-electron chi connectivity index (χ2n) is 4.54. The second kappa shape index (κ2) is 3.86. The van der Waals surface area contributed by atoms with Crippen molar-refractivity contribution in [3.63, 3.8) is 0 Å². The molecule has 0 spiro atoms. The first-order valence-electron chi connectivity index (χ1n) is 5.22. The number of fused-ring (bicyclic) bond motifs is 1. The maximum Gasteiger partial charge on any atom is 0.252 e. The molecule has 0 bridgehead atoms. The summed E-state index contributed by atoms with van der Waals surface area (Å²) in [6, 6.07) is 3.80. The molecule has 2 N–H and O–H groups in total. The van der Waals surface area contributed by atoms with Crippen LogP contribution in [0.25, 0.3) is 0 Å². The van der Waals surface area contributed by atoms with Gasteiger partial charge in [0.05, 0.1) is 5.54 Å². The van der Waals surface area contributed by atoms with Crippen molar-refractivity contribution < 1.29 is 9.90 Å². The molecule has 0 aromatic heterocycles. The maximum atomic E-state index is 11.8. The van der Waals surface area contributed by atoms with Gasteiger partial charge in [-0.2, -0.15) is 0 Å². The van der Waals surface area contributed by atoms with Crippen LogP contribution in [0.3, 0.4) is 0 Å². The van der Waals surface area contributed by atoms with Crippen LogP contribution in [-0.4, -0.2) is 17.6 Å². The fourth-order valence-electron chi connectivity index (χ4n) is 2.31. The highest BCUT2D eigenvalue weighted by Crippen LogP contribution is 2.35. The van der Waals surface area contributed by atoms with Gasteiger partial charge in [0.2, 0.25) is 0 Å². The van der Waals surface area contributed by atoms with E-state index < -0.39 is 0 Å². The normalized spacial score (nSPS) is 17.1. The Labute approximate surface area is 103 Å². The van der Waals surface area contributed by atoms with Gasteiger partial charge in [-0.05, 0) is 43.5 Å². The van der Waals surface area contributed by atoms with Gasteiger partial charge in [0, 0.05) is 16.6 Å². The number of aliphatic hydroxyl groups is 1. The predicted octanol–water partition coefficient (Wildman–Crippen LogP) is 1.96. The Kier molecular flexibility index (Phi) is 2.80. The summed E-state index contributed by atoms with van der Waals surface area (Å²) >= 11 is 3.39. The number of benzene rings is 1. The lowest BCUT2D eigenvalue weighted by atomic mass is 9.89. The van der Waals surface area contributed by atoms with Crippen molar-refractivity contribution in [2.75, 3.05) is 6.61 Å². The van der Waals surface area contributed by atoms with Gasteiger partial charge in [-0.3, -0.25) is 4.79 Å². The number of amides is 1. The van der Waals surface area contributed by atoms with Gasteiger partial charge >= 0.3 is 0 Å². The van der Waals surface area contributed by atoms with E-state index in [4.69, 9.17) is 5.11 Å². The van der Waals surface area contributed by atoms with Gasteiger partial charge in [-0.15, -0.1) is 0 Å². The third kappa shape index (κ3) is 1.76. The highest BCUT2D eigenvalue weighted by molar-refractivity contribution is 9.10. The number of hydrogen-bond acceptors (Lipinski definition) is 2. The molecule has 1 aliphatic heterocycles. The van der Waals surface area contributed by atoms with E-state index in [-0.39, 0.29) is 18.1 Å². The lowest BCUT2D eigenvalue weighted by molar-refractivity contribution is 0.0940. The molecule has 1 aromatic carbocycles. The van der Waals surface area contributed by atoms with E-state index in [1.165, 1.54) is 0 Å². The summed E-state index contributed by atoms with van der Waals surface area (Å²) in [6.07, 6.45) is 0.570. The summed E-state index contributed by atoms with van der Waals surface area (Å²) in [5.74, 6) is -0.0412. The van der Waals surface area contributed by atoms with Crippen LogP contribution >= 0.6 is 15.9 Å². The van der Waals surface area contributed by atoms with E-state index in [0.29, 0.717) is 12.0 Å². The molecule has 0 radical (unpaired) electrons. The Morgan fingerprint density at radius 2 is 2.12 bits per heavy atom. The molecule has 1 aliphatic rings. The van der Waals surface area contributed by atoms with Gasteiger partial charge in [0.1, 0.15) is 0 Å². The van der Waals surface area contributed by atoms with Crippen molar-refractivity contribution >= 4 is 21.8 Å². The van der Waals surface area contributed by atoms with Crippen LogP contribution in [0.4, 0.5) is 0 Å². The summed E-state index contributed by atoms with van der Waals surface area (Å²) in [5.41, 5.74) is 2.39. The molecule has 86 valence electrons. The van der Waals surface area contributed by atoms with E-state index >= 15 is 0 Å². The number of carbonyl (C=O) groups excluding carboxylic acids is 1. The Balaban J connectivity index is 2.65. The molecule has 0 aliphatic carbocycles. The minimum atomic E-state index is -0.350. The predicted molar refractivity (Wildman–Crippen MR) is 65.4 cm³/mol. The fraction of sp³-hybridized carbons (Fsp3) is 0.417. The van der Waals surface area contributed by atoms with E-state index in [1.807, 2.05) is 26.0 Å². The first kappa shape index (κ1) is 11.6. The van der Waals surface area contributed by atoms with E-state index in [1.54, 1.807) is 0 Å². The number of nitrogens with one attached hydrogen (secondary N) is 1. The maximum absolute atomic E-state index is 11.8. The highest BCUT2D eigenvalue weighted by atomic mass is 79.9. The van der Waals surface area contributed by atoms with Gasteiger partial charge in [-0.25, -0.2) is 0 Å². The quantitative estimate of drug-likeness (QED) is 0.872. The minimum Gasteiger partial charge on any atom is -0.396 e. The molecule has 0 saturated carbocycles. The molecule has 0 unspecified atom stereocenters. The Morgan fingerprint density at radius 1 is 1.44 bits per heavy atom. The molecular weight excluding hydrogens is 270 g/mol. The van der Waals surface area contributed by atoms with Crippen LogP contribution in [0, 0.1) is 0 Å². The lowest BCUT2D eigenvalue weighted by Gasteiger charge is -2.22. The highest BCUT2D eigenvalue weighted by Gasteiger charge is 2.37. The molecule has 1 amide bonds. The monoisotopic (exact) mass is 283 g/mol. The molecule has 0 saturated heterocycles. The molecule has 0 atom stereocenters. The molecule has 2 rings (SSSR count). The van der Waals surface area contributed by atoms with Gasteiger partial charge in [-0.1, -0.05) is 15.9 Å². The fourth-order valence-corrected chi connectivity index (χ4v) is 2.82. The summed E-state index contributed by atoms with van der Waals surface area (Å²) < 4.78 is 0.877. The van der Waals surface area contributed by atoms with E-state index in [0.717, 1.165) is 15.6 Å². The van der Waals surface area contributed by atoms with Crippen LogP contribution < -0.4 is 5.32 Å². The van der Waals surface area contributed by atoms with Gasteiger partial charge < -0.3 is 10.4 Å². The number of carbonyl (C=O) groups is 1. The summed E-state index contributed by atoms with van der Waals surface area (Å²) in [4.78, 5) is 11.8. The van der Waals surface area contributed by atoms with Crippen LogP contribution in [0.2, 0.25) is 0 Å². The second-order valence-corrected chi connectivity index (χ2v) is 5.46. The van der Waals surface area contributed by atoms with Crippen LogP contribution in [-0.2, 0) is 12.0 Å². The van der Waals surface area contributed by atoms with Gasteiger partial charge in [0.25, 0.3) is 5.91 Å². The zero-order chi connectivity index (χ0) is 11.9. The molecule has 0 fully saturated rings. The van der Waals surface area contributed by atoms with Crippen molar-refractivity contribution in [3.8, 4) is 0 Å². The first-order chi connectivity index (χ1) is 7.45. The third-order valence-corrected chi connectivity index (χ3v) is 3.32. The molecule has 16 heavy (non-hydrogen) atoms. The van der Waals surface area contributed by atoms with Crippen LogP contribution in [0.15, 0.2) is 16.6 Å². The first-order valence-corrected chi connectivity index (χ1v) is 6.01.